The molecule has 0 aliphatic carbocycles. The van der Waals surface area contributed by atoms with Crippen molar-refractivity contribution in [3.63, 3.8) is 0 Å². The Balaban J connectivity index is 1.80. The number of hydrogen-bond acceptors (Lipinski definition) is 2. The summed E-state index contributed by atoms with van der Waals surface area (Å²) in [5.74, 6) is -0.169. The van der Waals surface area contributed by atoms with Crippen LogP contribution in [0.1, 0.15) is 37.7 Å². The molecule has 5 nitrogen and oxygen atoms in total. The molecule has 2 saturated heterocycles. The number of benzene rings is 1. The minimum atomic E-state index is -0.404. The van der Waals surface area contributed by atoms with Gasteiger partial charge in [0.15, 0.2) is 0 Å². The van der Waals surface area contributed by atoms with Gasteiger partial charge in [-0.3, -0.25) is 4.79 Å². The van der Waals surface area contributed by atoms with Crippen LogP contribution < -0.4 is 5.73 Å². The maximum absolute atomic E-state index is 13.4. The highest BCUT2D eigenvalue weighted by Gasteiger charge is 2.44. The summed E-state index contributed by atoms with van der Waals surface area (Å²) in [6, 6.07) is 5.99. The molecule has 1 spiro atoms. The van der Waals surface area contributed by atoms with Gasteiger partial charge in [-0.15, -0.1) is 0 Å². The van der Waals surface area contributed by atoms with Gasteiger partial charge in [0.1, 0.15) is 5.82 Å². The number of likely N-dealkylation sites (tertiary alicyclic amines) is 2. The first kappa shape index (κ1) is 15.8. The Morgan fingerprint density at radius 3 is 2.65 bits per heavy atom. The third kappa shape index (κ3) is 3.16. The molecule has 23 heavy (non-hydrogen) atoms. The van der Waals surface area contributed by atoms with Crippen LogP contribution in [0.4, 0.5) is 9.18 Å². The molecule has 3 rings (SSSR count). The van der Waals surface area contributed by atoms with Crippen molar-refractivity contribution in [2.75, 3.05) is 13.1 Å². The predicted molar refractivity (Wildman–Crippen MR) is 83.9 cm³/mol. The highest BCUT2D eigenvalue weighted by atomic mass is 19.1. The minimum Gasteiger partial charge on any atom is -0.351 e. The number of nitrogens with zero attached hydrogens (tertiary/aromatic N) is 2. The van der Waals surface area contributed by atoms with Crippen LogP contribution in [-0.2, 0) is 11.3 Å². The molecule has 0 saturated carbocycles. The van der Waals surface area contributed by atoms with Gasteiger partial charge >= 0.3 is 6.03 Å². The number of nitrogens with two attached hydrogens (primary N) is 1. The van der Waals surface area contributed by atoms with Crippen molar-refractivity contribution in [2.45, 2.75) is 44.2 Å². The van der Waals surface area contributed by atoms with Gasteiger partial charge in [0.2, 0.25) is 5.91 Å². The Morgan fingerprint density at radius 1 is 1.26 bits per heavy atom. The average Bonchev–Trinajstić information content (AvgIpc) is 2.52. The molecule has 1 aromatic rings. The van der Waals surface area contributed by atoms with E-state index in [1.165, 1.54) is 12.1 Å². The molecule has 124 valence electrons. The molecule has 0 atom stereocenters. The Hall–Kier alpha value is -2.11. The van der Waals surface area contributed by atoms with Crippen LogP contribution in [0.25, 0.3) is 0 Å². The van der Waals surface area contributed by atoms with E-state index in [0.29, 0.717) is 26.1 Å². The van der Waals surface area contributed by atoms with Crippen molar-refractivity contribution in [1.29, 1.82) is 0 Å². The lowest BCUT2D eigenvalue weighted by molar-refractivity contribution is -0.145. The summed E-state index contributed by atoms with van der Waals surface area (Å²) in [4.78, 5) is 27.4. The highest BCUT2D eigenvalue weighted by Crippen LogP contribution is 2.38. The van der Waals surface area contributed by atoms with E-state index in [1.54, 1.807) is 11.0 Å². The van der Waals surface area contributed by atoms with Crippen LogP contribution in [0.15, 0.2) is 24.3 Å². The summed E-state index contributed by atoms with van der Waals surface area (Å²) in [5.41, 5.74) is 5.93. The van der Waals surface area contributed by atoms with Crippen molar-refractivity contribution in [2.24, 2.45) is 5.73 Å². The van der Waals surface area contributed by atoms with Crippen LogP contribution in [0.5, 0.6) is 0 Å². The van der Waals surface area contributed by atoms with Gasteiger partial charge in [-0.25, -0.2) is 9.18 Å². The van der Waals surface area contributed by atoms with E-state index in [0.717, 1.165) is 31.2 Å². The predicted octanol–water partition coefficient (Wildman–Crippen LogP) is 2.25. The lowest BCUT2D eigenvalue weighted by Crippen LogP contribution is -2.60. The molecule has 0 radical (unpaired) electrons. The van der Waals surface area contributed by atoms with E-state index >= 15 is 0 Å². The molecule has 2 N–H and O–H groups in total. The average molecular weight is 319 g/mol. The zero-order chi connectivity index (χ0) is 16.4. The first-order valence-corrected chi connectivity index (χ1v) is 8.09. The number of urea groups is 1. The van der Waals surface area contributed by atoms with Gasteiger partial charge in [-0.05, 0) is 43.4 Å². The Bertz CT molecular complexity index is 612. The molecule has 0 unspecified atom stereocenters. The van der Waals surface area contributed by atoms with E-state index < -0.39 is 6.03 Å². The molecule has 2 aliphatic heterocycles. The van der Waals surface area contributed by atoms with Crippen LogP contribution in [0, 0.1) is 5.82 Å². The van der Waals surface area contributed by atoms with Gasteiger partial charge in [-0.2, -0.15) is 0 Å². The zero-order valence-corrected chi connectivity index (χ0v) is 13.1. The van der Waals surface area contributed by atoms with Crippen LogP contribution in [0.2, 0.25) is 0 Å². The molecule has 0 aromatic heterocycles. The number of rotatable bonds is 2. The topological polar surface area (TPSA) is 66.6 Å². The van der Waals surface area contributed by atoms with Gasteiger partial charge < -0.3 is 15.5 Å². The second kappa shape index (κ2) is 6.18. The molecule has 6 heteroatoms. The number of hydrogen-bond donors (Lipinski definition) is 1. The molecular weight excluding hydrogens is 297 g/mol. The normalized spacial score (nSPS) is 20.8. The third-order valence-electron chi connectivity index (χ3n) is 5.14. The maximum atomic E-state index is 13.4. The molecule has 3 amide bonds. The van der Waals surface area contributed by atoms with Gasteiger partial charge in [0, 0.05) is 31.6 Å². The molecule has 1 aromatic carbocycles. The van der Waals surface area contributed by atoms with E-state index in [1.807, 2.05) is 11.0 Å². The molecule has 0 bridgehead atoms. The second-order valence-electron chi connectivity index (χ2n) is 6.51. The second-order valence-corrected chi connectivity index (χ2v) is 6.51. The summed E-state index contributed by atoms with van der Waals surface area (Å²) in [5, 5.41) is 0. The highest BCUT2D eigenvalue weighted by molar-refractivity contribution is 5.78. The third-order valence-corrected chi connectivity index (χ3v) is 5.14. The fourth-order valence-corrected chi connectivity index (χ4v) is 3.84. The van der Waals surface area contributed by atoms with Gasteiger partial charge in [-0.1, -0.05) is 12.1 Å². The lowest BCUT2D eigenvalue weighted by atomic mass is 9.78. The molecule has 2 aliphatic rings. The number of primary amides is 1. The van der Waals surface area contributed by atoms with E-state index in [-0.39, 0.29) is 17.3 Å². The first-order chi connectivity index (χ1) is 11.0. The quantitative estimate of drug-likeness (QED) is 0.908. The Labute approximate surface area is 135 Å². The van der Waals surface area contributed by atoms with Crippen molar-refractivity contribution >= 4 is 11.9 Å². The van der Waals surface area contributed by atoms with E-state index in [4.69, 9.17) is 5.73 Å². The summed E-state index contributed by atoms with van der Waals surface area (Å²) in [6.07, 6.45) is 3.81. The van der Waals surface area contributed by atoms with Crippen LogP contribution in [0.3, 0.4) is 0 Å². The van der Waals surface area contributed by atoms with Crippen molar-refractivity contribution in [3.05, 3.63) is 35.6 Å². The fraction of sp³-hybridized carbons (Fsp3) is 0.529. The smallest absolute Gasteiger partial charge is 0.314 e. The number of halogens is 1. The Kier molecular flexibility index (Phi) is 4.24. The summed E-state index contributed by atoms with van der Waals surface area (Å²) in [7, 11) is 0. The van der Waals surface area contributed by atoms with E-state index in [9.17, 15) is 14.0 Å². The number of carbonyl (C=O) groups is 2. The lowest BCUT2D eigenvalue weighted by Gasteiger charge is -2.51. The van der Waals surface area contributed by atoms with Gasteiger partial charge in [0.25, 0.3) is 0 Å². The fourth-order valence-electron chi connectivity index (χ4n) is 3.84. The molecule has 2 heterocycles. The number of piperidine rings is 2. The maximum Gasteiger partial charge on any atom is 0.314 e. The monoisotopic (exact) mass is 319 g/mol. The largest absolute Gasteiger partial charge is 0.351 e. The zero-order valence-electron chi connectivity index (χ0n) is 13.1. The standard InChI is InChI=1S/C17H22FN3O2/c18-14-4-1-3-13(11-14)12-21-15(22)5-2-6-17(21)7-9-20(10-8-17)16(19)23/h1,3-4,11H,2,5-10,12H2,(H2,19,23). The number of amides is 3. The molecule has 2 fully saturated rings. The first-order valence-electron chi connectivity index (χ1n) is 8.09. The summed E-state index contributed by atoms with van der Waals surface area (Å²) >= 11 is 0. The van der Waals surface area contributed by atoms with Crippen molar-refractivity contribution < 1.29 is 14.0 Å². The SMILES string of the molecule is NC(=O)N1CCC2(CCCC(=O)N2Cc2cccc(F)c2)CC1. The van der Waals surface area contributed by atoms with Gasteiger partial charge in [0.05, 0.1) is 0 Å². The van der Waals surface area contributed by atoms with Crippen molar-refractivity contribution in [3.8, 4) is 0 Å². The van der Waals surface area contributed by atoms with Crippen molar-refractivity contribution in [1.82, 2.24) is 9.80 Å². The number of carbonyl (C=O) groups excluding carboxylic acids is 2. The summed E-state index contributed by atoms with van der Waals surface area (Å²) in [6.45, 7) is 1.57. The summed E-state index contributed by atoms with van der Waals surface area (Å²) < 4.78 is 13.4. The van der Waals surface area contributed by atoms with E-state index in [2.05, 4.69) is 0 Å². The molecular formula is C17H22FN3O2. The minimum absolute atomic E-state index is 0.119. The van der Waals surface area contributed by atoms with Crippen LogP contribution in [-0.4, -0.2) is 40.4 Å². The van der Waals surface area contributed by atoms with Crippen LogP contribution >= 0.6 is 0 Å². The Morgan fingerprint density at radius 2 is 2.00 bits per heavy atom.